The number of hydrogen-bond donors (Lipinski definition) is 0. The summed E-state index contributed by atoms with van der Waals surface area (Å²) in [6.07, 6.45) is 4.92. The molecule has 0 heteroatoms. The second-order valence-corrected chi connectivity index (χ2v) is 11.3. The molecule has 4 aromatic carbocycles. The van der Waals surface area contributed by atoms with Gasteiger partial charge >= 0.3 is 0 Å². The van der Waals surface area contributed by atoms with Gasteiger partial charge in [0, 0.05) is 0 Å². The molecule has 33 heavy (non-hydrogen) atoms. The van der Waals surface area contributed by atoms with Gasteiger partial charge in [0.25, 0.3) is 0 Å². The van der Waals surface area contributed by atoms with Crippen LogP contribution in [0.2, 0.25) is 0 Å². The molecular weight excluding hydrogens is 396 g/mol. The van der Waals surface area contributed by atoms with E-state index >= 15 is 0 Å². The zero-order valence-electron chi connectivity index (χ0n) is 20.1. The molecule has 2 fully saturated rings. The highest BCUT2D eigenvalue weighted by molar-refractivity contribution is 6.06. The third kappa shape index (κ3) is 2.64. The number of fused-ring (bicyclic) bond motifs is 8. The number of rotatable bonds is 3. The van der Waals surface area contributed by atoms with Gasteiger partial charge in [0.15, 0.2) is 0 Å². The Bertz CT molecular complexity index is 1340. The average molecular weight is 431 g/mol. The molecule has 0 amide bonds. The first-order chi connectivity index (χ1) is 16.2. The SMILES string of the molecule is CCc1c2ccccc2c(Cc2cccc3c2[C@@H]2C(C3)[C@@H]3C[C@H](C)[C@H](C)[C@H]23)c2ccccc12. The van der Waals surface area contributed by atoms with E-state index in [0.717, 1.165) is 48.3 Å². The van der Waals surface area contributed by atoms with Crippen molar-refractivity contribution in [3.05, 3.63) is 94.5 Å². The lowest BCUT2D eigenvalue weighted by Gasteiger charge is -2.48. The van der Waals surface area contributed by atoms with Crippen molar-refractivity contribution in [1.29, 1.82) is 0 Å². The average Bonchev–Trinajstić information content (AvgIpc) is 3.29. The lowest BCUT2D eigenvalue weighted by molar-refractivity contribution is 0.0511. The molecule has 0 bridgehead atoms. The van der Waals surface area contributed by atoms with Crippen molar-refractivity contribution < 1.29 is 0 Å². The van der Waals surface area contributed by atoms with Crippen molar-refractivity contribution in [2.75, 3.05) is 0 Å². The number of benzene rings is 4. The molecule has 0 heterocycles. The molecule has 6 atom stereocenters. The van der Waals surface area contributed by atoms with Gasteiger partial charge in [-0.1, -0.05) is 87.5 Å². The van der Waals surface area contributed by atoms with Gasteiger partial charge in [-0.15, -0.1) is 0 Å². The minimum absolute atomic E-state index is 0.814. The summed E-state index contributed by atoms with van der Waals surface area (Å²) in [6.45, 7) is 7.34. The van der Waals surface area contributed by atoms with Crippen LogP contribution in [0.3, 0.4) is 0 Å². The predicted molar refractivity (Wildman–Crippen MR) is 140 cm³/mol. The first kappa shape index (κ1) is 19.8. The molecule has 3 aliphatic rings. The van der Waals surface area contributed by atoms with Gasteiger partial charge in [-0.3, -0.25) is 0 Å². The van der Waals surface area contributed by atoms with Gasteiger partial charge in [-0.2, -0.15) is 0 Å². The monoisotopic (exact) mass is 430 g/mol. The molecule has 0 N–H and O–H groups in total. The summed E-state index contributed by atoms with van der Waals surface area (Å²) in [5.74, 6) is 5.40. The Morgan fingerprint density at radius 3 is 2.00 bits per heavy atom. The van der Waals surface area contributed by atoms with Gasteiger partial charge in [0.2, 0.25) is 0 Å². The summed E-state index contributed by atoms with van der Waals surface area (Å²) in [6, 6.07) is 25.5. The highest BCUT2D eigenvalue weighted by Gasteiger charge is 2.60. The van der Waals surface area contributed by atoms with Crippen molar-refractivity contribution >= 4 is 21.5 Å². The summed E-state index contributed by atoms with van der Waals surface area (Å²) < 4.78 is 0. The van der Waals surface area contributed by atoms with E-state index in [2.05, 4.69) is 87.5 Å². The summed E-state index contributed by atoms with van der Waals surface area (Å²) in [7, 11) is 0. The minimum atomic E-state index is 0.814. The Morgan fingerprint density at radius 1 is 0.727 bits per heavy atom. The van der Waals surface area contributed by atoms with Crippen molar-refractivity contribution in [2.45, 2.75) is 52.4 Å². The van der Waals surface area contributed by atoms with Gasteiger partial charge in [-0.05, 0) is 111 Å². The molecule has 1 unspecified atom stereocenters. The second-order valence-electron chi connectivity index (χ2n) is 11.3. The molecule has 4 aromatic rings. The first-order valence-corrected chi connectivity index (χ1v) is 13.2. The minimum Gasteiger partial charge on any atom is -0.0622 e. The van der Waals surface area contributed by atoms with E-state index in [1.165, 1.54) is 45.5 Å². The number of hydrogen-bond acceptors (Lipinski definition) is 0. The second kappa shape index (κ2) is 7.20. The van der Waals surface area contributed by atoms with E-state index in [1.807, 2.05) is 0 Å². The lowest BCUT2D eigenvalue weighted by Crippen LogP contribution is -2.42. The van der Waals surface area contributed by atoms with E-state index in [0.29, 0.717) is 0 Å². The smallest absolute Gasteiger partial charge is 0.00105 e. The Labute approximate surface area is 198 Å². The highest BCUT2D eigenvalue weighted by atomic mass is 14.6. The zero-order chi connectivity index (χ0) is 22.3. The quantitative estimate of drug-likeness (QED) is 0.287. The fourth-order valence-electron chi connectivity index (χ4n) is 8.47. The van der Waals surface area contributed by atoms with E-state index < -0.39 is 0 Å². The molecule has 7 rings (SSSR count). The van der Waals surface area contributed by atoms with Crippen LogP contribution in [0.4, 0.5) is 0 Å². The fraction of sp³-hybridized carbons (Fsp3) is 0.394. The maximum Gasteiger partial charge on any atom is -0.00105 e. The summed E-state index contributed by atoms with van der Waals surface area (Å²) in [5.41, 5.74) is 8.04. The molecular formula is C33H34. The van der Waals surface area contributed by atoms with Crippen LogP contribution in [0.5, 0.6) is 0 Å². The standard InChI is InChI=1S/C33H34/c1-4-23-24-12-5-7-14-26(24)28(27-15-8-6-13-25(23)27)17-21-10-9-11-22-18-30-29-16-19(2)20(3)31(29)33(30)32(21)22/h5-15,19-20,29-31,33H,4,16-18H2,1-3H3/t19-,20-,29-,30?,31-,33+/m0/s1. The summed E-state index contributed by atoms with van der Waals surface area (Å²) in [5, 5.41) is 5.80. The summed E-state index contributed by atoms with van der Waals surface area (Å²) in [4.78, 5) is 0. The maximum atomic E-state index is 2.54. The Morgan fingerprint density at radius 2 is 1.36 bits per heavy atom. The molecule has 2 saturated carbocycles. The molecule has 0 radical (unpaired) electrons. The highest BCUT2D eigenvalue weighted by Crippen LogP contribution is 2.68. The number of aryl methyl sites for hydroxylation is 1. The van der Waals surface area contributed by atoms with Crippen LogP contribution in [0.1, 0.15) is 60.9 Å². The van der Waals surface area contributed by atoms with Crippen LogP contribution < -0.4 is 0 Å². The van der Waals surface area contributed by atoms with Crippen LogP contribution in [0.25, 0.3) is 21.5 Å². The van der Waals surface area contributed by atoms with Gasteiger partial charge in [0.05, 0.1) is 0 Å². The third-order valence-electron chi connectivity index (χ3n) is 10.0. The molecule has 166 valence electrons. The van der Waals surface area contributed by atoms with Crippen LogP contribution in [0, 0.1) is 29.6 Å². The lowest BCUT2D eigenvalue weighted by atomic mass is 9.56. The summed E-state index contributed by atoms with van der Waals surface area (Å²) >= 11 is 0. The Hall–Kier alpha value is -2.60. The molecule has 3 aliphatic carbocycles. The predicted octanol–water partition coefficient (Wildman–Crippen LogP) is 8.32. The molecule has 0 spiro atoms. The van der Waals surface area contributed by atoms with Crippen molar-refractivity contribution in [3.8, 4) is 0 Å². The Kier molecular flexibility index (Phi) is 4.33. The largest absolute Gasteiger partial charge is 0.0622 e. The Balaban J connectivity index is 1.40. The van der Waals surface area contributed by atoms with Crippen molar-refractivity contribution in [3.63, 3.8) is 0 Å². The third-order valence-corrected chi connectivity index (χ3v) is 10.0. The molecule has 0 aromatic heterocycles. The van der Waals surface area contributed by atoms with E-state index in [-0.39, 0.29) is 0 Å². The van der Waals surface area contributed by atoms with Crippen molar-refractivity contribution in [1.82, 2.24) is 0 Å². The molecule has 0 nitrogen and oxygen atoms in total. The molecule has 0 saturated heterocycles. The van der Waals surface area contributed by atoms with E-state index in [1.54, 1.807) is 16.7 Å². The van der Waals surface area contributed by atoms with Crippen LogP contribution in [0.15, 0.2) is 66.7 Å². The topological polar surface area (TPSA) is 0 Å². The normalized spacial score (nSPS) is 29.7. The van der Waals surface area contributed by atoms with Gasteiger partial charge in [0.1, 0.15) is 0 Å². The van der Waals surface area contributed by atoms with Crippen molar-refractivity contribution in [2.24, 2.45) is 29.6 Å². The first-order valence-electron chi connectivity index (χ1n) is 13.2. The molecule has 0 aliphatic heterocycles. The van der Waals surface area contributed by atoms with E-state index in [9.17, 15) is 0 Å². The fourth-order valence-corrected chi connectivity index (χ4v) is 8.47. The maximum absolute atomic E-state index is 2.54. The van der Waals surface area contributed by atoms with Gasteiger partial charge < -0.3 is 0 Å². The van der Waals surface area contributed by atoms with Crippen LogP contribution >= 0.6 is 0 Å². The van der Waals surface area contributed by atoms with Crippen LogP contribution in [-0.4, -0.2) is 0 Å². The van der Waals surface area contributed by atoms with E-state index in [4.69, 9.17) is 0 Å². The van der Waals surface area contributed by atoms with Crippen LogP contribution in [-0.2, 0) is 19.3 Å². The zero-order valence-corrected chi connectivity index (χ0v) is 20.1. The van der Waals surface area contributed by atoms with Gasteiger partial charge in [-0.25, -0.2) is 0 Å².